The van der Waals surface area contributed by atoms with Crippen LogP contribution in [-0.2, 0) is 13.0 Å². The smallest absolute Gasteiger partial charge is 0.387 e. The van der Waals surface area contributed by atoms with Crippen LogP contribution in [0.3, 0.4) is 0 Å². The Morgan fingerprint density at radius 2 is 2.16 bits per heavy atom. The number of H-pyrrole nitrogens is 1. The number of halogens is 3. The first-order valence-corrected chi connectivity index (χ1v) is 10.8. The number of aromatic nitrogens is 1. The van der Waals surface area contributed by atoms with Crippen molar-refractivity contribution in [2.75, 3.05) is 6.54 Å². The van der Waals surface area contributed by atoms with Gasteiger partial charge in [-0.15, -0.1) is 0 Å². The number of hydrogen-bond acceptors (Lipinski definition) is 4. The van der Waals surface area contributed by atoms with Crippen LogP contribution in [0.4, 0.5) is 13.2 Å². The fourth-order valence-electron chi connectivity index (χ4n) is 3.25. The number of allylic oxidation sites excluding steroid dienone is 2. The third-order valence-corrected chi connectivity index (χ3v) is 5.62. The molecule has 8 heteroatoms. The van der Waals surface area contributed by atoms with Crippen LogP contribution in [0, 0.1) is 5.92 Å². The van der Waals surface area contributed by atoms with Crippen LogP contribution in [0.25, 0.3) is 0 Å². The lowest BCUT2D eigenvalue weighted by Gasteiger charge is -2.38. The molecule has 1 aliphatic heterocycles. The topological polar surface area (TPSA) is 60.2 Å². The molecule has 1 aromatic rings. The summed E-state index contributed by atoms with van der Waals surface area (Å²) in [6.07, 6.45) is 8.43. The summed E-state index contributed by atoms with van der Waals surface area (Å²) in [5.74, 6) is 0.583. The van der Waals surface area contributed by atoms with Crippen molar-refractivity contribution in [1.82, 2.24) is 20.7 Å². The number of nitrogens with one attached hydrogen (secondary N) is 3. The average Bonchev–Trinajstić information content (AvgIpc) is 3.50. The molecule has 3 N–H and O–H groups in total. The summed E-state index contributed by atoms with van der Waals surface area (Å²) in [5.41, 5.74) is 5.74. The van der Waals surface area contributed by atoms with Crippen LogP contribution < -0.4 is 16.3 Å². The highest BCUT2D eigenvalue weighted by Crippen LogP contribution is 2.30. The highest BCUT2D eigenvalue weighted by atomic mass is 19.4. The zero-order chi connectivity index (χ0) is 22.4. The molecular formula is C23H31F3N4O. The number of hydrazine groups is 1. The molecule has 170 valence electrons. The molecule has 0 radical (unpaired) electrons. The van der Waals surface area contributed by atoms with Gasteiger partial charge in [0.2, 0.25) is 0 Å². The SMILES string of the molecule is CCC(C)CNN1C=CC1/C(=C\NCc1c[nH]c(=O)c(CC(F)(F)F)c1)CC=C1CC1. The van der Waals surface area contributed by atoms with Crippen molar-refractivity contribution < 1.29 is 13.2 Å². The Kier molecular flexibility index (Phi) is 7.64. The maximum atomic E-state index is 12.7. The second kappa shape index (κ2) is 10.2. The third-order valence-electron chi connectivity index (χ3n) is 5.62. The van der Waals surface area contributed by atoms with Crippen LogP contribution in [0.5, 0.6) is 0 Å². The fourth-order valence-corrected chi connectivity index (χ4v) is 3.25. The standard InChI is InChI=1S/C23H31F3N4O/c1-3-16(2)12-29-30-9-8-21(30)19(7-6-17-4-5-17)15-27-13-18-10-20(11-23(24,25)26)22(31)28-14-18/h6,8-10,14-16,21,27,29H,3-5,7,11-13H2,1-2H3,(H,28,31)/b19-15-. The van der Waals surface area contributed by atoms with Gasteiger partial charge in [-0.1, -0.05) is 31.9 Å². The van der Waals surface area contributed by atoms with Crippen LogP contribution in [0.1, 0.15) is 50.7 Å². The number of alkyl halides is 3. The molecule has 0 aromatic carbocycles. The molecule has 1 saturated carbocycles. The van der Waals surface area contributed by atoms with Crippen molar-refractivity contribution in [1.29, 1.82) is 0 Å². The van der Waals surface area contributed by atoms with E-state index in [4.69, 9.17) is 0 Å². The largest absolute Gasteiger partial charge is 0.393 e. The molecule has 0 bridgehead atoms. The van der Waals surface area contributed by atoms with Gasteiger partial charge in [-0.25, -0.2) is 5.43 Å². The van der Waals surface area contributed by atoms with E-state index in [9.17, 15) is 18.0 Å². The maximum Gasteiger partial charge on any atom is 0.393 e. The minimum Gasteiger partial charge on any atom is -0.387 e. The second-order valence-electron chi connectivity index (χ2n) is 8.39. The molecule has 1 aliphatic carbocycles. The first-order chi connectivity index (χ1) is 14.7. The second-order valence-corrected chi connectivity index (χ2v) is 8.39. The molecule has 5 nitrogen and oxygen atoms in total. The van der Waals surface area contributed by atoms with E-state index < -0.39 is 18.2 Å². The molecule has 2 aliphatic rings. The quantitative estimate of drug-likeness (QED) is 0.453. The molecule has 0 saturated heterocycles. The zero-order valence-electron chi connectivity index (χ0n) is 18.1. The Morgan fingerprint density at radius 1 is 1.39 bits per heavy atom. The summed E-state index contributed by atoms with van der Waals surface area (Å²) in [5, 5.41) is 5.32. The molecule has 31 heavy (non-hydrogen) atoms. The van der Waals surface area contributed by atoms with E-state index in [2.05, 4.69) is 46.7 Å². The minimum absolute atomic E-state index is 0.142. The van der Waals surface area contributed by atoms with Gasteiger partial charge >= 0.3 is 6.18 Å². The van der Waals surface area contributed by atoms with Gasteiger partial charge in [-0.3, -0.25) is 4.79 Å². The summed E-state index contributed by atoms with van der Waals surface area (Å²) in [6, 6.07) is 1.46. The van der Waals surface area contributed by atoms with Gasteiger partial charge in [0.05, 0.1) is 12.5 Å². The number of rotatable bonds is 11. The Hall–Kier alpha value is -2.48. The van der Waals surface area contributed by atoms with Crippen molar-refractivity contribution in [2.45, 2.75) is 64.7 Å². The monoisotopic (exact) mass is 436 g/mol. The van der Waals surface area contributed by atoms with Crippen LogP contribution in [0.2, 0.25) is 0 Å². The van der Waals surface area contributed by atoms with Crippen molar-refractivity contribution >= 4 is 0 Å². The molecule has 1 fully saturated rings. The summed E-state index contributed by atoms with van der Waals surface area (Å²) in [4.78, 5) is 14.1. The molecule has 2 unspecified atom stereocenters. The van der Waals surface area contributed by atoms with Crippen molar-refractivity contribution in [3.8, 4) is 0 Å². The summed E-state index contributed by atoms with van der Waals surface area (Å²) < 4.78 is 38.0. The summed E-state index contributed by atoms with van der Waals surface area (Å²) in [7, 11) is 0. The van der Waals surface area contributed by atoms with Crippen molar-refractivity contribution in [2.24, 2.45) is 5.92 Å². The van der Waals surface area contributed by atoms with E-state index >= 15 is 0 Å². The zero-order valence-corrected chi connectivity index (χ0v) is 18.1. The van der Waals surface area contributed by atoms with E-state index in [1.807, 2.05) is 12.4 Å². The van der Waals surface area contributed by atoms with Crippen LogP contribution in [0.15, 0.2) is 52.8 Å². The Bertz CT molecular complexity index is 895. The van der Waals surface area contributed by atoms with E-state index in [1.54, 1.807) is 0 Å². The Labute approximate surface area is 181 Å². The lowest BCUT2D eigenvalue weighted by Crippen LogP contribution is -2.48. The highest BCUT2D eigenvalue weighted by Gasteiger charge is 2.29. The summed E-state index contributed by atoms with van der Waals surface area (Å²) >= 11 is 0. The number of pyridine rings is 1. The van der Waals surface area contributed by atoms with Gasteiger partial charge in [-0.05, 0) is 54.7 Å². The Balaban J connectivity index is 1.63. The minimum atomic E-state index is -4.41. The highest BCUT2D eigenvalue weighted by molar-refractivity contribution is 5.29. The molecular weight excluding hydrogens is 405 g/mol. The van der Waals surface area contributed by atoms with E-state index in [0.29, 0.717) is 18.0 Å². The van der Waals surface area contributed by atoms with Crippen molar-refractivity contribution in [3.05, 3.63) is 69.4 Å². The molecule has 1 aromatic heterocycles. The van der Waals surface area contributed by atoms with Crippen LogP contribution >= 0.6 is 0 Å². The van der Waals surface area contributed by atoms with Gasteiger partial charge in [0.25, 0.3) is 5.56 Å². The molecule has 2 heterocycles. The molecule has 3 rings (SSSR count). The first kappa shape index (κ1) is 23.2. The van der Waals surface area contributed by atoms with Gasteiger partial charge < -0.3 is 15.3 Å². The van der Waals surface area contributed by atoms with Crippen LogP contribution in [-0.4, -0.2) is 28.8 Å². The predicted octanol–water partition coefficient (Wildman–Crippen LogP) is 4.31. The van der Waals surface area contributed by atoms with Gasteiger partial charge in [-0.2, -0.15) is 13.2 Å². The molecule has 0 amide bonds. The lowest BCUT2D eigenvalue weighted by molar-refractivity contribution is -0.127. The van der Waals surface area contributed by atoms with Gasteiger partial charge in [0, 0.05) is 31.0 Å². The number of hydrogen-bond donors (Lipinski definition) is 3. The number of aromatic amines is 1. The Morgan fingerprint density at radius 3 is 2.77 bits per heavy atom. The normalized spacial score (nSPS) is 19.3. The summed E-state index contributed by atoms with van der Waals surface area (Å²) in [6.45, 7) is 5.61. The van der Waals surface area contributed by atoms with Gasteiger partial charge in [0.1, 0.15) is 0 Å². The van der Waals surface area contributed by atoms with Crippen molar-refractivity contribution in [3.63, 3.8) is 0 Å². The third kappa shape index (κ3) is 7.31. The maximum absolute atomic E-state index is 12.7. The van der Waals surface area contributed by atoms with E-state index in [-0.39, 0.29) is 11.6 Å². The first-order valence-electron chi connectivity index (χ1n) is 10.8. The molecule has 0 spiro atoms. The van der Waals surface area contributed by atoms with E-state index in [1.165, 1.54) is 23.4 Å². The fraction of sp³-hybridized carbons (Fsp3) is 0.522. The molecule has 2 atom stereocenters. The van der Waals surface area contributed by atoms with E-state index in [0.717, 1.165) is 32.2 Å². The lowest BCUT2D eigenvalue weighted by atomic mass is 10.00. The number of nitrogens with zero attached hydrogens (tertiary/aromatic N) is 1. The van der Waals surface area contributed by atoms with Gasteiger partial charge in [0.15, 0.2) is 0 Å². The average molecular weight is 437 g/mol. The predicted molar refractivity (Wildman–Crippen MR) is 116 cm³/mol.